The first-order valence-corrected chi connectivity index (χ1v) is 11.2. The van der Waals surface area contributed by atoms with Crippen LogP contribution in [0.2, 0.25) is 0 Å². The number of hydrogen-bond acceptors (Lipinski definition) is 5. The summed E-state index contributed by atoms with van der Waals surface area (Å²) in [5.41, 5.74) is 5.24. The first-order chi connectivity index (χ1) is 13.0. The number of ketones is 1. The molecule has 2 heterocycles. The number of para-hydroxylation sites is 1. The summed E-state index contributed by atoms with van der Waals surface area (Å²) >= 11 is 8.40. The van der Waals surface area contributed by atoms with Crippen molar-refractivity contribution in [2.75, 3.05) is 5.75 Å². The SMILES string of the molecule is Cc1ccccc1-n1nc(SCC(=O)c2cc(C)n(C3CC3)c2C)sc1=S. The molecular weight excluding hydrogens is 394 g/mol. The van der Waals surface area contributed by atoms with Gasteiger partial charge in [0.25, 0.3) is 0 Å². The zero-order chi connectivity index (χ0) is 19.1. The smallest absolute Gasteiger partial charge is 0.184 e. The number of benzene rings is 1. The van der Waals surface area contributed by atoms with E-state index in [2.05, 4.69) is 23.5 Å². The van der Waals surface area contributed by atoms with E-state index in [-0.39, 0.29) is 5.78 Å². The molecule has 2 aromatic heterocycles. The Labute approximate surface area is 172 Å². The molecule has 7 heteroatoms. The average Bonchev–Trinajstić information content (AvgIpc) is 3.33. The predicted molar refractivity (Wildman–Crippen MR) is 114 cm³/mol. The maximum absolute atomic E-state index is 12.8. The molecule has 0 bridgehead atoms. The second-order valence-electron chi connectivity index (χ2n) is 6.93. The van der Waals surface area contributed by atoms with Crippen molar-refractivity contribution in [2.24, 2.45) is 0 Å². The van der Waals surface area contributed by atoms with Gasteiger partial charge in [-0.2, -0.15) is 0 Å². The predicted octanol–water partition coefficient (Wildman–Crippen LogP) is 5.70. The summed E-state index contributed by atoms with van der Waals surface area (Å²) in [7, 11) is 0. The van der Waals surface area contributed by atoms with Gasteiger partial charge in [-0.1, -0.05) is 41.3 Å². The monoisotopic (exact) mass is 415 g/mol. The molecule has 3 aromatic rings. The highest BCUT2D eigenvalue weighted by atomic mass is 32.2. The molecule has 0 spiro atoms. The number of rotatable bonds is 6. The minimum Gasteiger partial charge on any atom is -0.345 e. The van der Waals surface area contributed by atoms with Crippen molar-refractivity contribution >= 4 is 41.1 Å². The molecule has 0 amide bonds. The number of carbonyl (C=O) groups is 1. The van der Waals surface area contributed by atoms with Crippen LogP contribution in [0.25, 0.3) is 5.69 Å². The second-order valence-corrected chi connectivity index (χ2v) is 9.78. The quantitative estimate of drug-likeness (QED) is 0.294. The molecule has 0 unspecified atom stereocenters. The van der Waals surface area contributed by atoms with Crippen LogP contribution in [0.1, 0.15) is 46.2 Å². The molecule has 1 aliphatic rings. The summed E-state index contributed by atoms with van der Waals surface area (Å²) < 4.78 is 5.63. The van der Waals surface area contributed by atoms with Crippen molar-refractivity contribution in [3.63, 3.8) is 0 Å². The van der Waals surface area contributed by atoms with Crippen LogP contribution in [-0.4, -0.2) is 25.9 Å². The summed E-state index contributed by atoms with van der Waals surface area (Å²) in [6, 6.07) is 10.7. The minimum absolute atomic E-state index is 0.156. The van der Waals surface area contributed by atoms with E-state index in [1.807, 2.05) is 37.3 Å². The Morgan fingerprint density at radius 1 is 1.30 bits per heavy atom. The van der Waals surface area contributed by atoms with Crippen LogP contribution in [0, 0.1) is 24.7 Å². The fourth-order valence-corrected chi connectivity index (χ4v) is 5.66. The first kappa shape index (κ1) is 18.7. The number of aryl methyl sites for hydroxylation is 2. The third-order valence-electron chi connectivity index (χ3n) is 4.90. The lowest BCUT2D eigenvalue weighted by molar-refractivity contribution is 0.102. The van der Waals surface area contributed by atoms with E-state index in [4.69, 9.17) is 12.2 Å². The Hall–Kier alpha value is -1.70. The van der Waals surface area contributed by atoms with E-state index in [9.17, 15) is 4.79 Å². The van der Waals surface area contributed by atoms with Crippen molar-refractivity contribution in [1.82, 2.24) is 14.3 Å². The van der Waals surface area contributed by atoms with Crippen LogP contribution >= 0.6 is 35.3 Å². The highest BCUT2D eigenvalue weighted by Gasteiger charge is 2.28. The fourth-order valence-electron chi connectivity index (χ4n) is 3.43. The summed E-state index contributed by atoms with van der Waals surface area (Å²) in [4.78, 5) is 12.8. The van der Waals surface area contributed by atoms with E-state index in [0.29, 0.717) is 15.7 Å². The molecule has 0 radical (unpaired) electrons. The molecule has 0 atom stereocenters. The average molecular weight is 416 g/mol. The van der Waals surface area contributed by atoms with Crippen LogP contribution in [0.4, 0.5) is 0 Å². The van der Waals surface area contributed by atoms with Crippen LogP contribution < -0.4 is 0 Å². The van der Waals surface area contributed by atoms with Gasteiger partial charge >= 0.3 is 0 Å². The zero-order valence-corrected chi connectivity index (χ0v) is 18.0. The van der Waals surface area contributed by atoms with Gasteiger partial charge in [-0.05, 0) is 63.5 Å². The molecule has 0 aliphatic heterocycles. The molecule has 1 fully saturated rings. The molecule has 0 N–H and O–H groups in total. The number of Topliss-reactive ketones (excluding diaryl/α,β-unsaturated/α-hetero) is 1. The van der Waals surface area contributed by atoms with Crippen LogP contribution in [0.5, 0.6) is 0 Å². The number of hydrogen-bond donors (Lipinski definition) is 0. The van der Waals surface area contributed by atoms with E-state index in [0.717, 1.165) is 26.8 Å². The van der Waals surface area contributed by atoms with Crippen molar-refractivity contribution in [2.45, 2.75) is 44.0 Å². The summed E-state index contributed by atoms with van der Waals surface area (Å²) in [6.07, 6.45) is 2.44. The Balaban J connectivity index is 1.51. The van der Waals surface area contributed by atoms with E-state index in [1.54, 1.807) is 4.68 Å². The Morgan fingerprint density at radius 2 is 2.04 bits per heavy atom. The van der Waals surface area contributed by atoms with Gasteiger partial charge < -0.3 is 4.57 Å². The van der Waals surface area contributed by atoms with Crippen LogP contribution in [0.3, 0.4) is 0 Å². The summed E-state index contributed by atoms with van der Waals surface area (Å²) in [6.45, 7) is 6.19. The van der Waals surface area contributed by atoms with E-state index >= 15 is 0 Å². The van der Waals surface area contributed by atoms with Crippen molar-refractivity contribution in [3.8, 4) is 5.69 Å². The Bertz CT molecular complexity index is 1070. The standard InChI is InChI=1S/C20H21N3OS3/c1-12-6-4-5-7-17(12)23-20(25)27-19(21-23)26-11-18(24)16-10-13(2)22(14(16)3)15-8-9-15/h4-7,10,15H,8-9,11H2,1-3H3. The molecule has 1 aliphatic carbocycles. The third kappa shape index (κ3) is 3.68. The molecule has 1 aromatic carbocycles. The van der Waals surface area contributed by atoms with E-state index < -0.39 is 0 Å². The van der Waals surface area contributed by atoms with Gasteiger partial charge in [0.15, 0.2) is 14.1 Å². The van der Waals surface area contributed by atoms with Gasteiger partial charge in [0, 0.05) is 23.0 Å². The molecule has 1 saturated carbocycles. The highest BCUT2D eigenvalue weighted by molar-refractivity contribution is 8.01. The van der Waals surface area contributed by atoms with Crippen molar-refractivity contribution in [3.05, 3.63) is 56.8 Å². The first-order valence-electron chi connectivity index (χ1n) is 8.96. The van der Waals surface area contributed by atoms with Gasteiger partial charge in [0.1, 0.15) is 0 Å². The van der Waals surface area contributed by atoms with Gasteiger partial charge in [0.2, 0.25) is 0 Å². The molecule has 27 heavy (non-hydrogen) atoms. The van der Waals surface area contributed by atoms with Gasteiger partial charge in [-0.25, -0.2) is 4.68 Å². The third-order valence-corrected chi connectivity index (χ3v) is 7.26. The Morgan fingerprint density at radius 3 is 2.74 bits per heavy atom. The zero-order valence-electron chi connectivity index (χ0n) is 15.6. The molecular formula is C20H21N3OS3. The number of thioether (sulfide) groups is 1. The fraction of sp³-hybridized carbons (Fsp3) is 0.350. The number of nitrogens with zero attached hydrogens (tertiary/aromatic N) is 3. The van der Waals surface area contributed by atoms with E-state index in [1.165, 1.54) is 41.6 Å². The van der Waals surface area contributed by atoms with Crippen molar-refractivity contribution in [1.29, 1.82) is 0 Å². The maximum atomic E-state index is 12.8. The number of carbonyl (C=O) groups excluding carboxylic acids is 1. The summed E-state index contributed by atoms with van der Waals surface area (Å²) in [5, 5.41) is 4.63. The minimum atomic E-state index is 0.156. The van der Waals surface area contributed by atoms with Crippen LogP contribution in [-0.2, 0) is 0 Å². The number of aromatic nitrogens is 3. The molecule has 140 valence electrons. The molecule has 4 rings (SSSR count). The van der Waals surface area contributed by atoms with Crippen LogP contribution in [0.15, 0.2) is 34.7 Å². The Kier molecular flexibility index (Phi) is 5.09. The van der Waals surface area contributed by atoms with Gasteiger partial charge in [0.05, 0.1) is 11.4 Å². The normalized spacial score (nSPS) is 13.9. The molecule has 4 nitrogen and oxygen atoms in total. The maximum Gasteiger partial charge on any atom is 0.184 e. The van der Waals surface area contributed by atoms with Crippen molar-refractivity contribution < 1.29 is 4.79 Å². The molecule has 0 saturated heterocycles. The lowest BCUT2D eigenvalue weighted by Crippen LogP contribution is -2.06. The second kappa shape index (κ2) is 7.37. The lowest BCUT2D eigenvalue weighted by atomic mass is 10.2. The van der Waals surface area contributed by atoms with Gasteiger partial charge in [-0.3, -0.25) is 4.79 Å². The summed E-state index contributed by atoms with van der Waals surface area (Å²) in [5.74, 6) is 0.536. The van der Waals surface area contributed by atoms with Gasteiger partial charge in [-0.15, -0.1) is 5.10 Å². The highest BCUT2D eigenvalue weighted by Crippen LogP contribution is 2.38. The largest absolute Gasteiger partial charge is 0.345 e. The lowest BCUT2D eigenvalue weighted by Gasteiger charge is -2.07. The topological polar surface area (TPSA) is 39.8 Å².